The summed E-state index contributed by atoms with van der Waals surface area (Å²) in [7, 11) is 0.117. The van der Waals surface area contributed by atoms with E-state index in [1.807, 2.05) is 37.4 Å². The molecule has 2 aromatic carbocycles. The Hall–Kier alpha value is -2.13. The van der Waals surface area contributed by atoms with Crippen molar-refractivity contribution in [2.45, 2.75) is 74.7 Å². The van der Waals surface area contributed by atoms with Crippen LogP contribution in [-0.4, -0.2) is 75.5 Å². The highest BCUT2D eigenvalue weighted by Gasteiger charge is 2.80. The number of benzene rings is 2. The van der Waals surface area contributed by atoms with E-state index >= 15 is 0 Å². The lowest BCUT2D eigenvalue weighted by molar-refractivity contribution is -0.277. The fourth-order valence-corrected chi connectivity index (χ4v) is 11.1. The fraction of sp³-hybridized carbons (Fsp3) is 0.636. The molecule has 5 aliphatic carbocycles. The van der Waals surface area contributed by atoms with Gasteiger partial charge in [0.25, 0.3) is 0 Å². The summed E-state index contributed by atoms with van der Waals surface area (Å²) in [4.78, 5) is 2.83. The molecule has 2 spiro atoms. The summed E-state index contributed by atoms with van der Waals surface area (Å²) in [6.45, 7) is 3.09. The zero-order valence-electron chi connectivity index (χ0n) is 24.5. The van der Waals surface area contributed by atoms with Gasteiger partial charge in [0.15, 0.2) is 11.5 Å². The van der Waals surface area contributed by atoms with E-state index in [-0.39, 0.29) is 22.9 Å². The smallest absolute Gasteiger partial charge is 0.211 e. The molecule has 41 heavy (non-hydrogen) atoms. The molecule has 8 heteroatoms. The zero-order valence-corrected chi connectivity index (χ0v) is 25.3. The van der Waals surface area contributed by atoms with E-state index < -0.39 is 15.6 Å². The van der Waals surface area contributed by atoms with E-state index in [1.165, 1.54) is 36.8 Å². The molecule has 0 radical (unpaired) electrons. The number of sulfonamides is 1. The molecule has 1 saturated heterocycles. The lowest BCUT2D eigenvalue weighted by atomic mass is 9.35. The van der Waals surface area contributed by atoms with Crippen molar-refractivity contribution in [3.63, 3.8) is 0 Å². The van der Waals surface area contributed by atoms with Gasteiger partial charge in [-0.2, -0.15) is 4.31 Å². The van der Waals surface area contributed by atoms with Crippen molar-refractivity contribution >= 4 is 10.0 Å². The minimum atomic E-state index is -3.45. The third-order valence-electron chi connectivity index (χ3n) is 12.1. The minimum absolute atomic E-state index is 0.0241. The van der Waals surface area contributed by atoms with Crippen molar-refractivity contribution in [3.8, 4) is 11.5 Å². The van der Waals surface area contributed by atoms with Crippen molar-refractivity contribution < 1.29 is 22.6 Å². The van der Waals surface area contributed by atoms with Gasteiger partial charge in [-0.3, -0.25) is 4.90 Å². The second kappa shape index (κ2) is 8.94. The van der Waals surface area contributed by atoms with Crippen molar-refractivity contribution in [1.29, 1.82) is 0 Å². The van der Waals surface area contributed by atoms with Crippen molar-refractivity contribution in [2.24, 2.45) is 17.3 Å². The molecule has 0 N–H and O–H groups in total. The van der Waals surface area contributed by atoms with Crippen LogP contribution in [0.25, 0.3) is 0 Å². The Morgan fingerprint density at radius 2 is 1.88 bits per heavy atom. The topological polar surface area (TPSA) is 68.3 Å². The standard InChI is InChI=1S/C33H42N2O5S/c1-38-26-12-11-24-17-27-31-13-14-33(39-2,25(18-31)21-35(41(3,36)37)20-22-7-5-4-6-8-22)30-32(31,28(24)29(26)40-30)15-16-34(27)19-23-9-10-23/h4-8,11-12,23,25,27,30H,9-10,13-21H2,1-3H3/t25-,27?,30-,31-,32?,33-/m1/s1. The molecule has 9 rings (SSSR count). The summed E-state index contributed by atoms with van der Waals surface area (Å²) < 4.78 is 47.9. The summed E-state index contributed by atoms with van der Waals surface area (Å²) in [5.41, 5.74) is 3.13. The second-order valence-corrected chi connectivity index (χ2v) is 15.7. The van der Waals surface area contributed by atoms with Gasteiger partial charge in [0.2, 0.25) is 10.0 Å². The van der Waals surface area contributed by atoms with Gasteiger partial charge in [-0.05, 0) is 74.6 Å². The van der Waals surface area contributed by atoms with E-state index in [0.29, 0.717) is 19.1 Å². The molecule has 2 aliphatic heterocycles. The summed E-state index contributed by atoms with van der Waals surface area (Å²) in [6, 6.07) is 14.8. The van der Waals surface area contributed by atoms with Gasteiger partial charge in [0.05, 0.1) is 13.4 Å². The molecule has 4 saturated carbocycles. The van der Waals surface area contributed by atoms with Gasteiger partial charge in [0, 0.05) is 55.1 Å². The maximum atomic E-state index is 13.3. The average molecular weight is 579 g/mol. The molecule has 7 aliphatic rings. The molecule has 220 valence electrons. The lowest BCUT2D eigenvalue weighted by Gasteiger charge is -2.74. The van der Waals surface area contributed by atoms with E-state index in [0.717, 1.165) is 61.6 Å². The van der Waals surface area contributed by atoms with Crippen LogP contribution in [0.3, 0.4) is 0 Å². The predicted molar refractivity (Wildman–Crippen MR) is 157 cm³/mol. The number of hydrogen-bond acceptors (Lipinski definition) is 6. The predicted octanol–water partition coefficient (Wildman–Crippen LogP) is 4.38. The highest BCUT2D eigenvalue weighted by atomic mass is 32.2. The number of piperidine rings is 1. The van der Waals surface area contributed by atoms with Gasteiger partial charge in [0.1, 0.15) is 11.7 Å². The Morgan fingerprint density at radius 3 is 2.59 bits per heavy atom. The first-order valence-corrected chi connectivity index (χ1v) is 17.3. The molecule has 2 heterocycles. The lowest BCUT2D eigenvalue weighted by Crippen LogP contribution is -2.81. The Bertz CT molecular complexity index is 1480. The van der Waals surface area contributed by atoms with Gasteiger partial charge < -0.3 is 14.2 Å². The third-order valence-corrected chi connectivity index (χ3v) is 13.3. The highest BCUT2D eigenvalue weighted by molar-refractivity contribution is 7.88. The van der Waals surface area contributed by atoms with Crippen LogP contribution in [-0.2, 0) is 33.1 Å². The number of hydrogen-bond donors (Lipinski definition) is 0. The number of fused-ring (bicyclic) bond motifs is 2. The fourth-order valence-electron chi connectivity index (χ4n) is 10.3. The van der Waals surface area contributed by atoms with Crippen LogP contribution in [0.1, 0.15) is 55.2 Å². The van der Waals surface area contributed by atoms with Crippen LogP contribution in [0.15, 0.2) is 42.5 Å². The van der Waals surface area contributed by atoms with Crippen LogP contribution < -0.4 is 9.47 Å². The first-order chi connectivity index (χ1) is 19.8. The van der Waals surface area contributed by atoms with E-state index in [4.69, 9.17) is 14.2 Å². The molecular formula is C33H42N2O5S. The molecule has 0 amide bonds. The number of rotatable bonds is 9. The zero-order chi connectivity index (χ0) is 28.2. The maximum Gasteiger partial charge on any atom is 0.211 e. The molecule has 5 fully saturated rings. The Balaban J connectivity index is 1.26. The molecule has 2 unspecified atom stereocenters. The van der Waals surface area contributed by atoms with E-state index in [1.54, 1.807) is 11.4 Å². The van der Waals surface area contributed by atoms with Crippen LogP contribution in [0.2, 0.25) is 0 Å². The minimum Gasteiger partial charge on any atom is -0.493 e. The number of methoxy groups -OCH3 is 2. The number of likely N-dealkylation sites (tertiary alicyclic amines) is 1. The van der Waals surface area contributed by atoms with Gasteiger partial charge in [-0.15, -0.1) is 0 Å². The number of nitrogens with zero attached hydrogens (tertiary/aromatic N) is 2. The summed E-state index contributed by atoms with van der Waals surface area (Å²) in [5, 5.41) is 0. The molecule has 7 nitrogen and oxygen atoms in total. The van der Waals surface area contributed by atoms with E-state index in [9.17, 15) is 8.42 Å². The van der Waals surface area contributed by atoms with Crippen LogP contribution >= 0.6 is 0 Å². The van der Waals surface area contributed by atoms with Gasteiger partial charge in [-0.25, -0.2) is 8.42 Å². The van der Waals surface area contributed by atoms with Crippen LogP contribution in [0.4, 0.5) is 0 Å². The average Bonchev–Trinajstić information content (AvgIpc) is 3.71. The third kappa shape index (κ3) is 3.51. The molecule has 4 bridgehead atoms. The van der Waals surface area contributed by atoms with E-state index in [2.05, 4.69) is 17.0 Å². The second-order valence-electron chi connectivity index (χ2n) is 13.8. The van der Waals surface area contributed by atoms with Gasteiger partial charge in [-0.1, -0.05) is 36.4 Å². The van der Waals surface area contributed by atoms with Crippen molar-refractivity contribution in [2.75, 3.05) is 40.1 Å². The normalized spacial score (nSPS) is 36.7. The number of ether oxygens (including phenoxy) is 3. The largest absolute Gasteiger partial charge is 0.493 e. The Kier molecular flexibility index (Phi) is 5.78. The monoisotopic (exact) mass is 578 g/mol. The molecule has 6 atom stereocenters. The molecular weight excluding hydrogens is 536 g/mol. The first-order valence-electron chi connectivity index (χ1n) is 15.4. The maximum absolute atomic E-state index is 13.3. The Labute approximate surface area is 244 Å². The molecule has 0 aromatic heterocycles. The van der Waals surface area contributed by atoms with Crippen molar-refractivity contribution in [1.82, 2.24) is 9.21 Å². The van der Waals surface area contributed by atoms with Crippen LogP contribution in [0, 0.1) is 17.3 Å². The van der Waals surface area contributed by atoms with Crippen molar-refractivity contribution in [3.05, 3.63) is 59.2 Å². The molecule has 2 aromatic rings. The summed E-state index contributed by atoms with van der Waals surface area (Å²) in [5.74, 6) is 2.59. The Morgan fingerprint density at radius 1 is 1.07 bits per heavy atom. The van der Waals surface area contributed by atoms with Crippen LogP contribution in [0.5, 0.6) is 11.5 Å². The van der Waals surface area contributed by atoms with Gasteiger partial charge >= 0.3 is 0 Å². The summed E-state index contributed by atoms with van der Waals surface area (Å²) >= 11 is 0. The quantitative estimate of drug-likeness (QED) is 0.440. The summed E-state index contributed by atoms with van der Waals surface area (Å²) in [6.07, 6.45) is 8.94. The first kappa shape index (κ1) is 26.5. The SMILES string of the molecule is COc1ccc2c3c1O[C@@H]1C34CCN(CC3CC3)C(C2)[C@]42CC[C@@]1(OC)[C@@H](CN(Cc1ccccc1)S(C)(=O)=O)C2. The highest BCUT2D eigenvalue weighted by Crippen LogP contribution is 2.76.